The summed E-state index contributed by atoms with van der Waals surface area (Å²) in [6.45, 7) is 2.29. The molecule has 0 radical (unpaired) electrons. The fraction of sp³-hybridized carbons (Fsp3) is 0.143. The molecule has 3 aromatic rings. The second kappa shape index (κ2) is 6.02. The van der Waals surface area contributed by atoms with Crippen molar-refractivity contribution >= 4 is 17.2 Å². The van der Waals surface area contributed by atoms with Crippen LogP contribution in [0.3, 0.4) is 0 Å². The van der Waals surface area contributed by atoms with Crippen LogP contribution < -0.4 is 5.32 Å². The van der Waals surface area contributed by atoms with Crippen molar-refractivity contribution in [2.24, 2.45) is 0 Å². The first-order valence-corrected chi connectivity index (χ1v) is 6.98. The lowest BCUT2D eigenvalue weighted by Crippen LogP contribution is -2.17. The second-order valence-electron chi connectivity index (χ2n) is 4.67. The van der Waals surface area contributed by atoms with Crippen molar-refractivity contribution in [3.05, 3.63) is 54.6 Å². The Morgan fingerprint density at radius 3 is 2.95 bits per heavy atom. The monoisotopic (exact) mass is 316 g/mol. The van der Waals surface area contributed by atoms with Gasteiger partial charge in [-0.25, -0.2) is 14.1 Å². The maximum absolute atomic E-state index is 14.2. The van der Waals surface area contributed by atoms with Gasteiger partial charge >= 0.3 is 0 Å². The molecule has 1 N–H and O–H groups in total. The molecule has 0 unspecified atom stereocenters. The molecular formula is C14H13FN6S. The van der Waals surface area contributed by atoms with Crippen molar-refractivity contribution in [2.45, 2.75) is 13.5 Å². The molecule has 22 heavy (non-hydrogen) atoms. The molecule has 112 valence electrons. The lowest BCUT2D eigenvalue weighted by molar-refractivity contribution is 0.615. The Balaban J connectivity index is 1.84. The SMILES string of the molecule is CC(=S)NCc1cn(-c2ccc(-n3ccnc3)c(F)c2)nn1. The molecule has 0 atom stereocenters. The number of hydrogen-bond acceptors (Lipinski definition) is 4. The number of thiocarbonyl (C=S) groups is 1. The third-order valence-electron chi connectivity index (χ3n) is 3.04. The Bertz CT molecular complexity index is 796. The quantitative estimate of drug-likeness (QED) is 0.746. The molecule has 0 aliphatic rings. The molecule has 0 aliphatic heterocycles. The number of rotatable bonds is 4. The standard InChI is InChI=1S/C14H13FN6S/c1-10(22)17-7-11-8-21(19-18-11)12-2-3-14(13(15)6-12)20-5-4-16-9-20/h2-6,8-9H,7H2,1H3,(H,17,22). The normalized spacial score (nSPS) is 10.6. The van der Waals surface area contributed by atoms with Crippen LogP contribution in [0.25, 0.3) is 11.4 Å². The van der Waals surface area contributed by atoms with E-state index in [0.29, 0.717) is 22.9 Å². The molecule has 8 heteroatoms. The molecule has 3 rings (SSSR count). The molecule has 2 heterocycles. The third-order valence-corrected chi connectivity index (χ3v) is 3.18. The van der Waals surface area contributed by atoms with Crippen LogP contribution >= 0.6 is 12.2 Å². The van der Waals surface area contributed by atoms with E-state index < -0.39 is 0 Å². The van der Waals surface area contributed by atoms with Crippen LogP contribution in [0, 0.1) is 5.82 Å². The fourth-order valence-electron chi connectivity index (χ4n) is 1.97. The van der Waals surface area contributed by atoms with Crippen LogP contribution in [0.2, 0.25) is 0 Å². The number of halogens is 1. The number of aromatic nitrogens is 5. The lowest BCUT2D eigenvalue weighted by Gasteiger charge is -2.06. The summed E-state index contributed by atoms with van der Waals surface area (Å²) in [5, 5.41) is 11.0. The van der Waals surface area contributed by atoms with Gasteiger partial charge in [-0.05, 0) is 19.1 Å². The summed E-state index contributed by atoms with van der Waals surface area (Å²) in [5.74, 6) is -0.361. The number of imidazole rings is 1. The summed E-state index contributed by atoms with van der Waals surface area (Å²) in [7, 11) is 0. The summed E-state index contributed by atoms with van der Waals surface area (Å²) < 4.78 is 17.4. The first kappa shape index (κ1) is 14.3. The molecule has 0 saturated heterocycles. The Kier molecular flexibility index (Phi) is 3.92. The minimum Gasteiger partial charge on any atom is -0.374 e. The van der Waals surface area contributed by atoms with Gasteiger partial charge in [-0.2, -0.15) is 0 Å². The average Bonchev–Trinajstić information content (AvgIpc) is 3.16. The predicted molar refractivity (Wildman–Crippen MR) is 83.6 cm³/mol. The highest BCUT2D eigenvalue weighted by atomic mass is 32.1. The maximum Gasteiger partial charge on any atom is 0.149 e. The number of benzene rings is 1. The summed E-state index contributed by atoms with van der Waals surface area (Å²) in [6, 6.07) is 4.85. The van der Waals surface area contributed by atoms with E-state index >= 15 is 0 Å². The molecule has 6 nitrogen and oxygen atoms in total. The van der Waals surface area contributed by atoms with Gasteiger partial charge in [-0.15, -0.1) is 5.10 Å². The minimum absolute atomic E-state index is 0.361. The zero-order chi connectivity index (χ0) is 15.5. The lowest BCUT2D eigenvalue weighted by atomic mass is 10.2. The highest BCUT2D eigenvalue weighted by Crippen LogP contribution is 2.17. The molecule has 0 saturated carbocycles. The summed E-state index contributed by atoms with van der Waals surface area (Å²) in [5.41, 5.74) is 1.75. The van der Waals surface area contributed by atoms with E-state index in [1.807, 2.05) is 0 Å². The molecule has 0 bridgehead atoms. The van der Waals surface area contributed by atoms with Gasteiger partial charge in [0.05, 0.1) is 35.4 Å². The van der Waals surface area contributed by atoms with Gasteiger partial charge in [0, 0.05) is 18.5 Å². The number of nitrogens with zero attached hydrogens (tertiary/aromatic N) is 5. The van der Waals surface area contributed by atoms with Crippen LogP contribution in [-0.2, 0) is 6.54 Å². The van der Waals surface area contributed by atoms with E-state index in [2.05, 4.69) is 20.6 Å². The van der Waals surface area contributed by atoms with Gasteiger partial charge < -0.3 is 9.88 Å². The van der Waals surface area contributed by atoms with Crippen LogP contribution in [0.4, 0.5) is 4.39 Å². The van der Waals surface area contributed by atoms with E-state index in [4.69, 9.17) is 12.2 Å². The molecular weight excluding hydrogens is 303 g/mol. The third kappa shape index (κ3) is 3.01. The first-order valence-electron chi connectivity index (χ1n) is 6.57. The van der Waals surface area contributed by atoms with E-state index in [1.54, 1.807) is 48.5 Å². The Morgan fingerprint density at radius 2 is 2.27 bits per heavy atom. The second-order valence-corrected chi connectivity index (χ2v) is 5.28. The van der Waals surface area contributed by atoms with E-state index in [1.165, 1.54) is 10.7 Å². The van der Waals surface area contributed by atoms with Gasteiger partial charge in [-0.1, -0.05) is 17.4 Å². The minimum atomic E-state index is -0.361. The predicted octanol–water partition coefficient (Wildman–Crippen LogP) is 2.03. The van der Waals surface area contributed by atoms with Crippen molar-refractivity contribution in [2.75, 3.05) is 0 Å². The number of nitrogens with one attached hydrogen (secondary N) is 1. The number of hydrogen-bond donors (Lipinski definition) is 1. The van der Waals surface area contributed by atoms with Crippen molar-refractivity contribution in [3.63, 3.8) is 0 Å². The van der Waals surface area contributed by atoms with Crippen LogP contribution in [0.15, 0.2) is 43.1 Å². The largest absolute Gasteiger partial charge is 0.374 e. The van der Waals surface area contributed by atoms with Crippen molar-refractivity contribution in [3.8, 4) is 11.4 Å². The van der Waals surface area contributed by atoms with Gasteiger partial charge in [0.25, 0.3) is 0 Å². The molecule has 0 fully saturated rings. The van der Waals surface area contributed by atoms with Gasteiger partial charge in [0.2, 0.25) is 0 Å². The fourth-order valence-corrected chi connectivity index (χ4v) is 2.04. The van der Waals surface area contributed by atoms with Gasteiger partial charge in [0.15, 0.2) is 0 Å². The van der Waals surface area contributed by atoms with Crippen LogP contribution in [-0.4, -0.2) is 29.5 Å². The molecule has 1 aromatic carbocycles. The van der Waals surface area contributed by atoms with Crippen molar-refractivity contribution in [1.29, 1.82) is 0 Å². The van der Waals surface area contributed by atoms with Crippen LogP contribution in [0.1, 0.15) is 12.6 Å². The van der Waals surface area contributed by atoms with E-state index in [9.17, 15) is 4.39 Å². The molecule has 0 aliphatic carbocycles. The zero-order valence-electron chi connectivity index (χ0n) is 11.8. The van der Waals surface area contributed by atoms with E-state index in [0.717, 1.165) is 5.69 Å². The zero-order valence-corrected chi connectivity index (χ0v) is 12.6. The highest BCUT2D eigenvalue weighted by Gasteiger charge is 2.08. The Labute approximate surface area is 131 Å². The first-order chi connectivity index (χ1) is 10.6. The Hall–Kier alpha value is -2.61. The van der Waals surface area contributed by atoms with Crippen LogP contribution in [0.5, 0.6) is 0 Å². The van der Waals surface area contributed by atoms with E-state index in [-0.39, 0.29) is 5.82 Å². The summed E-state index contributed by atoms with van der Waals surface area (Å²) in [6.07, 6.45) is 6.56. The highest BCUT2D eigenvalue weighted by molar-refractivity contribution is 7.80. The van der Waals surface area contributed by atoms with Gasteiger partial charge in [0.1, 0.15) is 11.5 Å². The summed E-state index contributed by atoms with van der Waals surface area (Å²) in [4.78, 5) is 4.59. The van der Waals surface area contributed by atoms with Crippen molar-refractivity contribution in [1.82, 2.24) is 29.9 Å². The summed E-state index contributed by atoms with van der Waals surface area (Å²) >= 11 is 4.94. The molecule has 2 aromatic heterocycles. The topological polar surface area (TPSA) is 60.6 Å². The molecule has 0 amide bonds. The smallest absolute Gasteiger partial charge is 0.149 e. The molecule has 0 spiro atoms. The average molecular weight is 316 g/mol. The Morgan fingerprint density at radius 1 is 1.41 bits per heavy atom. The maximum atomic E-state index is 14.2. The van der Waals surface area contributed by atoms with Gasteiger partial charge in [-0.3, -0.25) is 0 Å². The van der Waals surface area contributed by atoms with Crippen molar-refractivity contribution < 1.29 is 4.39 Å².